The number of benzene rings is 2. The van der Waals surface area contributed by atoms with Gasteiger partial charge in [-0.2, -0.15) is 0 Å². The third kappa shape index (κ3) is 4.28. The Labute approximate surface area is 175 Å². The molecule has 8 heteroatoms. The molecule has 2 aromatic rings. The molecule has 0 saturated carbocycles. The van der Waals surface area contributed by atoms with E-state index in [4.69, 9.17) is 9.84 Å². The van der Waals surface area contributed by atoms with Gasteiger partial charge in [0, 0.05) is 16.6 Å². The predicted octanol–water partition coefficient (Wildman–Crippen LogP) is 4.78. The number of amidine groups is 1. The molecule has 0 unspecified atom stereocenters. The largest absolute Gasteiger partial charge is 0.496 e. The molecule has 0 spiro atoms. The highest BCUT2D eigenvalue weighted by Gasteiger charge is 2.32. The van der Waals surface area contributed by atoms with Crippen molar-refractivity contribution in [1.29, 1.82) is 0 Å². The Morgan fingerprint density at radius 1 is 1.32 bits per heavy atom. The van der Waals surface area contributed by atoms with Gasteiger partial charge in [0.25, 0.3) is 5.91 Å². The average molecular weight is 461 g/mol. The first-order chi connectivity index (χ1) is 13.4. The molecule has 1 aliphatic rings. The topological polar surface area (TPSA) is 79.2 Å². The summed E-state index contributed by atoms with van der Waals surface area (Å²) in [7, 11) is 1.58. The molecule has 0 bridgehead atoms. The van der Waals surface area contributed by atoms with Crippen LogP contribution in [0.2, 0.25) is 0 Å². The maximum absolute atomic E-state index is 12.8. The molecule has 1 saturated heterocycles. The van der Waals surface area contributed by atoms with Crippen LogP contribution in [0.1, 0.15) is 22.8 Å². The van der Waals surface area contributed by atoms with Crippen molar-refractivity contribution in [3.8, 4) is 5.75 Å². The van der Waals surface area contributed by atoms with Crippen LogP contribution >= 0.6 is 27.7 Å². The summed E-state index contributed by atoms with van der Waals surface area (Å²) < 4.78 is 6.25. The van der Waals surface area contributed by atoms with Gasteiger partial charge in [-0.3, -0.25) is 9.69 Å². The molecule has 1 aliphatic heterocycles. The molecule has 1 heterocycles. The zero-order valence-electron chi connectivity index (χ0n) is 15.2. The highest BCUT2D eigenvalue weighted by atomic mass is 79.9. The van der Waals surface area contributed by atoms with E-state index in [1.54, 1.807) is 30.2 Å². The highest BCUT2D eigenvalue weighted by molar-refractivity contribution is 9.10. The van der Waals surface area contributed by atoms with E-state index >= 15 is 0 Å². The van der Waals surface area contributed by atoms with E-state index in [1.165, 1.54) is 23.9 Å². The van der Waals surface area contributed by atoms with Crippen molar-refractivity contribution in [3.05, 3.63) is 63.0 Å². The minimum atomic E-state index is -1.02. The normalized spacial score (nSPS) is 16.8. The Morgan fingerprint density at radius 2 is 2.11 bits per heavy atom. The van der Waals surface area contributed by atoms with Crippen LogP contribution in [0.15, 0.2) is 56.8 Å². The highest BCUT2D eigenvalue weighted by Crippen LogP contribution is 2.36. The first-order valence-electron chi connectivity index (χ1n) is 8.40. The number of halogens is 1. The summed E-state index contributed by atoms with van der Waals surface area (Å²) >= 11 is 4.68. The van der Waals surface area contributed by atoms with Crippen molar-refractivity contribution in [2.45, 2.75) is 6.92 Å². The van der Waals surface area contributed by atoms with Gasteiger partial charge in [-0.1, -0.05) is 22.0 Å². The molecule has 0 radical (unpaired) electrons. The second-order valence-corrected chi connectivity index (χ2v) is 7.72. The van der Waals surface area contributed by atoms with E-state index < -0.39 is 5.97 Å². The van der Waals surface area contributed by atoms with Crippen molar-refractivity contribution < 1.29 is 19.4 Å². The lowest BCUT2D eigenvalue weighted by molar-refractivity contribution is -0.122. The molecule has 1 amide bonds. The van der Waals surface area contributed by atoms with E-state index in [9.17, 15) is 9.59 Å². The summed E-state index contributed by atoms with van der Waals surface area (Å²) in [5.74, 6) is -0.513. The second kappa shape index (κ2) is 8.62. The molecule has 144 valence electrons. The average Bonchev–Trinajstić information content (AvgIpc) is 2.96. The number of carboxylic acid groups (broad SMARTS) is 1. The molecule has 0 atom stereocenters. The van der Waals surface area contributed by atoms with Crippen LogP contribution in [-0.2, 0) is 4.79 Å². The first kappa shape index (κ1) is 20.2. The summed E-state index contributed by atoms with van der Waals surface area (Å²) in [6.45, 7) is 2.32. The number of aromatic carboxylic acids is 1. The number of rotatable bonds is 5. The number of hydrogen-bond donors (Lipinski definition) is 1. The number of aliphatic imine (C=N–C) groups is 1. The van der Waals surface area contributed by atoms with Crippen molar-refractivity contribution >= 4 is 56.5 Å². The van der Waals surface area contributed by atoms with Crippen LogP contribution in [0.3, 0.4) is 0 Å². The number of methoxy groups -OCH3 is 1. The Kier molecular flexibility index (Phi) is 6.21. The Hall–Kier alpha value is -2.58. The van der Waals surface area contributed by atoms with E-state index in [-0.39, 0.29) is 11.5 Å². The molecule has 0 aliphatic carbocycles. The SMILES string of the molecule is CCN1C(=O)/C(=C\c2cc(Br)ccc2OC)SC1=Nc1cccc(C(=O)O)c1. The van der Waals surface area contributed by atoms with Crippen LogP contribution in [0.5, 0.6) is 5.75 Å². The fourth-order valence-electron chi connectivity index (χ4n) is 2.65. The Balaban J connectivity index is 1.98. The minimum absolute atomic E-state index is 0.147. The van der Waals surface area contributed by atoms with Crippen LogP contribution < -0.4 is 4.74 Å². The number of likely N-dealkylation sites (N-methyl/N-ethyl adjacent to an activating group) is 1. The molecule has 1 fully saturated rings. The molecule has 28 heavy (non-hydrogen) atoms. The lowest BCUT2D eigenvalue weighted by Crippen LogP contribution is -2.28. The lowest BCUT2D eigenvalue weighted by Gasteiger charge is -2.12. The predicted molar refractivity (Wildman–Crippen MR) is 114 cm³/mol. The summed E-state index contributed by atoms with van der Waals surface area (Å²) in [6.07, 6.45) is 1.77. The van der Waals surface area contributed by atoms with Gasteiger partial charge in [0.1, 0.15) is 5.75 Å². The minimum Gasteiger partial charge on any atom is -0.496 e. The first-order valence-corrected chi connectivity index (χ1v) is 10.0. The number of thioether (sulfide) groups is 1. The molecule has 6 nitrogen and oxygen atoms in total. The number of carbonyl (C=O) groups is 2. The van der Waals surface area contributed by atoms with Gasteiger partial charge in [0.15, 0.2) is 5.17 Å². The van der Waals surface area contributed by atoms with Crippen molar-refractivity contribution in [2.24, 2.45) is 4.99 Å². The monoisotopic (exact) mass is 460 g/mol. The lowest BCUT2D eigenvalue weighted by atomic mass is 10.2. The third-order valence-electron chi connectivity index (χ3n) is 4.00. The van der Waals surface area contributed by atoms with Crippen molar-refractivity contribution in [2.75, 3.05) is 13.7 Å². The van der Waals surface area contributed by atoms with E-state index in [2.05, 4.69) is 20.9 Å². The van der Waals surface area contributed by atoms with Crippen LogP contribution in [0, 0.1) is 0 Å². The molecule has 3 rings (SSSR count). The molecule has 1 N–H and O–H groups in total. The van der Waals surface area contributed by atoms with Gasteiger partial charge in [0.2, 0.25) is 0 Å². The number of hydrogen-bond acceptors (Lipinski definition) is 5. The number of carboxylic acids is 1. The fraction of sp³-hybridized carbons (Fsp3) is 0.150. The van der Waals surface area contributed by atoms with Gasteiger partial charge in [0.05, 0.1) is 23.3 Å². The van der Waals surface area contributed by atoms with Gasteiger partial charge < -0.3 is 9.84 Å². The molecular weight excluding hydrogens is 444 g/mol. The fourth-order valence-corrected chi connectivity index (χ4v) is 4.08. The zero-order chi connectivity index (χ0) is 20.3. The number of amides is 1. The molecule has 2 aromatic carbocycles. The quantitative estimate of drug-likeness (QED) is 0.649. The number of ether oxygens (including phenoxy) is 1. The van der Waals surface area contributed by atoms with E-state index in [0.717, 1.165) is 10.0 Å². The number of nitrogens with zero attached hydrogens (tertiary/aromatic N) is 2. The van der Waals surface area contributed by atoms with Crippen LogP contribution in [-0.4, -0.2) is 40.7 Å². The van der Waals surface area contributed by atoms with Gasteiger partial charge >= 0.3 is 5.97 Å². The molecular formula is C20H17BrN2O4S. The van der Waals surface area contributed by atoms with E-state index in [0.29, 0.717) is 28.1 Å². The smallest absolute Gasteiger partial charge is 0.335 e. The maximum atomic E-state index is 12.8. The Bertz CT molecular complexity index is 1000. The summed E-state index contributed by atoms with van der Waals surface area (Å²) in [4.78, 5) is 30.6. The van der Waals surface area contributed by atoms with Crippen LogP contribution in [0.4, 0.5) is 5.69 Å². The van der Waals surface area contributed by atoms with Crippen LogP contribution in [0.25, 0.3) is 6.08 Å². The van der Waals surface area contributed by atoms with Gasteiger partial charge in [-0.15, -0.1) is 0 Å². The molecule has 0 aromatic heterocycles. The number of carbonyl (C=O) groups excluding carboxylic acids is 1. The summed E-state index contributed by atoms with van der Waals surface area (Å²) in [5, 5.41) is 9.65. The van der Waals surface area contributed by atoms with Gasteiger partial charge in [-0.25, -0.2) is 9.79 Å². The van der Waals surface area contributed by atoms with Crippen molar-refractivity contribution in [3.63, 3.8) is 0 Å². The van der Waals surface area contributed by atoms with Crippen molar-refractivity contribution in [1.82, 2.24) is 4.90 Å². The standard InChI is InChI=1S/C20H17BrN2O4S/c1-3-23-18(24)17(11-13-9-14(21)7-8-16(13)27-2)28-20(23)22-15-6-4-5-12(10-15)19(25)26/h4-11H,3H2,1-2H3,(H,25,26)/b17-11+,22-20?. The summed E-state index contributed by atoms with van der Waals surface area (Å²) in [5.41, 5.74) is 1.40. The second-order valence-electron chi connectivity index (χ2n) is 5.80. The zero-order valence-corrected chi connectivity index (χ0v) is 17.6. The third-order valence-corrected chi connectivity index (χ3v) is 5.50. The summed E-state index contributed by atoms with van der Waals surface area (Å²) in [6, 6.07) is 11.9. The van der Waals surface area contributed by atoms with E-state index in [1.807, 2.05) is 25.1 Å². The maximum Gasteiger partial charge on any atom is 0.335 e. The Morgan fingerprint density at radius 3 is 2.79 bits per heavy atom. The van der Waals surface area contributed by atoms with Gasteiger partial charge in [-0.05, 0) is 61.2 Å².